The van der Waals surface area contributed by atoms with Gasteiger partial charge in [-0.3, -0.25) is 9.69 Å². The highest BCUT2D eigenvalue weighted by Crippen LogP contribution is 2.15. The van der Waals surface area contributed by atoms with Crippen LogP contribution in [0.1, 0.15) is 24.0 Å². The first-order chi connectivity index (χ1) is 9.15. The van der Waals surface area contributed by atoms with E-state index in [1.165, 1.54) is 6.21 Å². The van der Waals surface area contributed by atoms with E-state index in [9.17, 15) is 9.90 Å². The number of hydrazone groups is 1. The molecule has 5 nitrogen and oxygen atoms in total. The maximum atomic E-state index is 11.6. The summed E-state index contributed by atoms with van der Waals surface area (Å²) in [5.74, 6) is 0.0356. The van der Waals surface area contributed by atoms with Gasteiger partial charge in [0.05, 0.1) is 12.8 Å². The van der Waals surface area contributed by atoms with E-state index < -0.39 is 0 Å². The Morgan fingerprint density at radius 1 is 1.47 bits per heavy atom. The maximum Gasteiger partial charge on any atom is 0.254 e. The number of hydrogen-bond donors (Lipinski definition) is 2. The number of aromatic hydroxyl groups is 1. The number of nitrogens with one attached hydrogen (secondary N) is 1. The van der Waals surface area contributed by atoms with Gasteiger partial charge in [0.1, 0.15) is 5.75 Å². The van der Waals surface area contributed by atoms with Crippen molar-refractivity contribution in [3.8, 4) is 5.75 Å². The summed E-state index contributed by atoms with van der Waals surface area (Å²) in [5.41, 5.74) is 4.11. The third kappa shape index (κ3) is 4.06. The summed E-state index contributed by atoms with van der Waals surface area (Å²) in [5, 5.41) is 13.5. The average Bonchev–Trinajstić information content (AvgIpc) is 2.86. The number of phenols is 1. The maximum absolute atomic E-state index is 11.6. The number of amides is 1. The molecule has 0 aliphatic carbocycles. The molecule has 1 amide bonds. The predicted octanol–water partition coefficient (Wildman–Crippen LogP) is 1.25. The second-order valence-electron chi connectivity index (χ2n) is 4.84. The highest BCUT2D eigenvalue weighted by Gasteiger charge is 2.14. The lowest BCUT2D eigenvalue weighted by atomic mass is 10.1. The minimum absolute atomic E-state index is 0.120. The fraction of sp³-hybridized carbons (Fsp3) is 0.429. The standard InChI is InChI=1S/C14H19N3O2/c1-11-4-5-13(18)12(8-11)9-15-16-14(19)10-17-6-2-3-7-17/h4-5,8-9,18H,2-3,6-7,10H2,1H3,(H,16,19)/b15-9-. The number of carbonyl (C=O) groups is 1. The Hall–Kier alpha value is -1.88. The first kappa shape index (κ1) is 13.5. The topological polar surface area (TPSA) is 64.9 Å². The molecule has 0 bridgehead atoms. The fourth-order valence-corrected chi connectivity index (χ4v) is 2.13. The second kappa shape index (κ2) is 6.33. The number of likely N-dealkylation sites (tertiary alicyclic amines) is 1. The van der Waals surface area contributed by atoms with Crippen molar-refractivity contribution < 1.29 is 9.90 Å². The summed E-state index contributed by atoms with van der Waals surface area (Å²) in [4.78, 5) is 13.7. The van der Waals surface area contributed by atoms with Gasteiger partial charge in [-0.1, -0.05) is 11.6 Å². The number of aryl methyl sites for hydroxylation is 1. The summed E-state index contributed by atoms with van der Waals surface area (Å²) in [7, 11) is 0. The molecule has 2 N–H and O–H groups in total. The van der Waals surface area contributed by atoms with Crippen molar-refractivity contribution in [2.45, 2.75) is 19.8 Å². The van der Waals surface area contributed by atoms with E-state index in [1.54, 1.807) is 6.07 Å². The van der Waals surface area contributed by atoms with Gasteiger partial charge < -0.3 is 5.11 Å². The number of benzene rings is 1. The van der Waals surface area contributed by atoms with Crippen molar-refractivity contribution in [2.75, 3.05) is 19.6 Å². The van der Waals surface area contributed by atoms with Crippen molar-refractivity contribution in [3.63, 3.8) is 0 Å². The molecule has 0 unspecified atom stereocenters. The number of rotatable bonds is 4. The quantitative estimate of drug-likeness (QED) is 0.633. The van der Waals surface area contributed by atoms with Crippen molar-refractivity contribution in [3.05, 3.63) is 29.3 Å². The normalized spacial score (nSPS) is 16.1. The van der Waals surface area contributed by atoms with Gasteiger partial charge in [0.2, 0.25) is 0 Å². The molecule has 0 atom stereocenters. The van der Waals surface area contributed by atoms with Gasteiger partial charge in [-0.2, -0.15) is 5.10 Å². The van der Waals surface area contributed by atoms with Crippen LogP contribution in [0.15, 0.2) is 23.3 Å². The Balaban J connectivity index is 1.85. The zero-order valence-electron chi connectivity index (χ0n) is 11.1. The molecule has 0 radical (unpaired) electrons. The van der Waals surface area contributed by atoms with Gasteiger partial charge in [-0.15, -0.1) is 0 Å². The summed E-state index contributed by atoms with van der Waals surface area (Å²) >= 11 is 0. The molecule has 1 aliphatic rings. The molecule has 1 aromatic rings. The Morgan fingerprint density at radius 3 is 2.95 bits per heavy atom. The van der Waals surface area contributed by atoms with Crippen molar-refractivity contribution >= 4 is 12.1 Å². The molecule has 0 aromatic heterocycles. The predicted molar refractivity (Wildman–Crippen MR) is 74.3 cm³/mol. The molecule has 1 fully saturated rings. The summed E-state index contributed by atoms with van der Waals surface area (Å²) < 4.78 is 0. The van der Waals surface area contributed by atoms with Crippen LogP contribution < -0.4 is 5.43 Å². The van der Waals surface area contributed by atoms with E-state index in [4.69, 9.17) is 0 Å². The zero-order valence-corrected chi connectivity index (χ0v) is 11.1. The summed E-state index contributed by atoms with van der Waals surface area (Å²) in [6, 6.07) is 5.24. The lowest BCUT2D eigenvalue weighted by Crippen LogP contribution is -2.33. The lowest BCUT2D eigenvalue weighted by Gasteiger charge is -2.12. The third-order valence-electron chi connectivity index (χ3n) is 3.14. The Bertz CT molecular complexity index is 480. The van der Waals surface area contributed by atoms with Crippen LogP contribution in [-0.2, 0) is 4.79 Å². The SMILES string of the molecule is Cc1ccc(O)c(/C=N\NC(=O)CN2CCCC2)c1. The molecule has 1 heterocycles. The second-order valence-corrected chi connectivity index (χ2v) is 4.84. The van der Waals surface area contributed by atoms with Crippen LogP contribution in [0.2, 0.25) is 0 Å². The molecule has 102 valence electrons. The molecule has 0 saturated carbocycles. The van der Waals surface area contributed by atoms with Gasteiger partial charge in [-0.25, -0.2) is 5.43 Å². The van der Waals surface area contributed by atoms with Crippen LogP contribution in [0.25, 0.3) is 0 Å². The number of phenolic OH excluding ortho intramolecular Hbond substituents is 1. The molecule has 1 aromatic carbocycles. The molecule has 0 spiro atoms. The van der Waals surface area contributed by atoms with Gasteiger partial charge in [-0.05, 0) is 45.0 Å². The summed E-state index contributed by atoms with van der Waals surface area (Å²) in [6.07, 6.45) is 3.78. The highest BCUT2D eigenvalue weighted by molar-refractivity contribution is 5.85. The molecule has 5 heteroatoms. The monoisotopic (exact) mass is 261 g/mol. The van der Waals surface area contributed by atoms with Crippen molar-refractivity contribution in [2.24, 2.45) is 5.10 Å². The van der Waals surface area contributed by atoms with Gasteiger partial charge in [0.15, 0.2) is 0 Å². The molecular formula is C14H19N3O2. The smallest absolute Gasteiger partial charge is 0.254 e. The number of hydrogen-bond acceptors (Lipinski definition) is 4. The van der Waals surface area contributed by atoms with E-state index in [0.717, 1.165) is 31.5 Å². The van der Waals surface area contributed by atoms with Gasteiger partial charge in [0.25, 0.3) is 5.91 Å². The molecule has 1 saturated heterocycles. The van der Waals surface area contributed by atoms with E-state index in [0.29, 0.717) is 12.1 Å². The zero-order chi connectivity index (χ0) is 13.7. The van der Waals surface area contributed by atoms with Crippen molar-refractivity contribution in [1.29, 1.82) is 0 Å². The largest absolute Gasteiger partial charge is 0.507 e. The van der Waals surface area contributed by atoms with Crippen LogP contribution in [0.5, 0.6) is 5.75 Å². The van der Waals surface area contributed by atoms with Crippen LogP contribution >= 0.6 is 0 Å². The fourth-order valence-electron chi connectivity index (χ4n) is 2.13. The summed E-state index contributed by atoms with van der Waals surface area (Å²) in [6.45, 7) is 4.28. The average molecular weight is 261 g/mol. The first-order valence-electron chi connectivity index (χ1n) is 6.49. The Labute approximate surface area is 112 Å². The molecule has 1 aliphatic heterocycles. The van der Waals surface area contributed by atoms with Crippen LogP contribution in [0, 0.1) is 6.92 Å². The Kier molecular flexibility index (Phi) is 4.52. The van der Waals surface area contributed by atoms with Crippen molar-refractivity contribution in [1.82, 2.24) is 10.3 Å². The van der Waals surface area contributed by atoms with Crippen LogP contribution in [-0.4, -0.2) is 41.8 Å². The van der Waals surface area contributed by atoms with Crippen LogP contribution in [0.3, 0.4) is 0 Å². The van der Waals surface area contributed by atoms with Crippen LogP contribution in [0.4, 0.5) is 0 Å². The minimum atomic E-state index is -0.120. The first-order valence-corrected chi connectivity index (χ1v) is 6.49. The van der Waals surface area contributed by atoms with E-state index in [2.05, 4.69) is 15.4 Å². The molecular weight excluding hydrogens is 242 g/mol. The number of nitrogens with zero attached hydrogens (tertiary/aromatic N) is 2. The Morgan fingerprint density at radius 2 is 2.21 bits per heavy atom. The van der Waals surface area contributed by atoms with E-state index in [1.807, 2.05) is 19.1 Å². The highest BCUT2D eigenvalue weighted by atomic mass is 16.3. The lowest BCUT2D eigenvalue weighted by molar-refractivity contribution is -0.121. The number of carbonyl (C=O) groups excluding carboxylic acids is 1. The molecule has 19 heavy (non-hydrogen) atoms. The molecule has 2 rings (SSSR count). The van der Waals surface area contributed by atoms with Gasteiger partial charge in [0, 0.05) is 5.56 Å². The third-order valence-corrected chi connectivity index (χ3v) is 3.14. The van der Waals surface area contributed by atoms with E-state index >= 15 is 0 Å². The van der Waals surface area contributed by atoms with E-state index in [-0.39, 0.29) is 11.7 Å². The van der Waals surface area contributed by atoms with Gasteiger partial charge >= 0.3 is 0 Å². The minimum Gasteiger partial charge on any atom is -0.507 e.